The Labute approximate surface area is 105 Å². The van der Waals surface area contributed by atoms with Crippen LogP contribution in [0.5, 0.6) is 0 Å². The lowest BCUT2D eigenvalue weighted by Crippen LogP contribution is -2.07. The predicted octanol–water partition coefficient (Wildman–Crippen LogP) is 2.23. The monoisotopic (exact) mass is 245 g/mol. The molecule has 0 saturated carbocycles. The fraction of sp³-hybridized carbons (Fsp3) is 0.308. The molecule has 1 N–H and O–H groups in total. The number of hydrogen-bond donors (Lipinski definition) is 1. The Bertz CT molecular complexity index is 575. The van der Waals surface area contributed by atoms with Crippen LogP contribution in [0.2, 0.25) is 0 Å². The molecule has 0 aliphatic heterocycles. The maximum absolute atomic E-state index is 10.9. The van der Waals surface area contributed by atoms with E-state index in [1.807, 2.05) is 17.7 Å². The van der Waals surface area contributed by atoms with Gasteiger partial charge >= 0.3 is 5.97 Å². The number of rotatable bonds is 4. The van der Waals surface area contributed by atoms with Crippen LogP contribution in [0.15, 0.2) is 24.7 Å². The molecular formula is C13H15N3O2. The molecule has 5 heteroatoms. The number of aromatic nitrogens is 3. The number of carboxylic acids is 1. The van der Waals surface area contributed by atoms with Gasteiger partial charge in [0, 0.05) is 25.0 Å². The van der Waals surface area contributed by atoms with Crippen molar-refractivity contribution in [1.82, 2.24) is 14.5 Å². The highest BCUT2D eigenvalue weighted by Gasteiger charge is 2.11. The van der Waals surface area contributed by atoms with Gasteiger partial charge in [-0.3, -0.25) is 4.57 Å². The van der Waals surface area contributed by atoms with E-state index in [9.17, 15) is 4.79 Å². The molecule has 0 aliphatic carbocycles. The topological polar surface area (TPSA) is 68.0 Å². The van der Waals surface area contributed by atoms with Crippen molar-refractivity contribution in [2.45, 2.75) is 26.7 Å². The molecule has 0 saturated heterocycles. The van der Waals surface area contributed by atoms with Crippen LogP contribution in [-0.4, -0.2) is 25.6 Å². The second-order valence-corrected chi connectivity index (χ2v) is 4.13. The van der Waals surface area contributed by atoms with Crippen molar-refractivity contribution in [3.05, 3.63) is 41.6 Å². The third kappa shape index (κ3) is 2.25. The van der Waals surface area contributed by atoms with Gasteiger partial charge in [-0.2, -0.15) is 0 Å². The molecule has 0 fully saturated rings. The zero-order valence-corrected chi connectivity index (χ0v) is 10.4. The Hall–Kier alpha value is -2.17. The number of nitrogens with zero attached hydrogens (tertiary/aromatic N) is 3. The minimum atomic E-state index is -0.962. The lowest BCUT2D eigenvalue weighted by Gasteiger charge is -2.09. The summed E-state index contributed by atoms with van der Waals surface area (Å²) in [6.45, 7) is 3.94. The lowest BCUT2D eigenvalue weighted by atomic mass is 10.2. The number of carboxylic acid groups (broad SMARTS) is 1. The summed E-state index contributed by atoms with van der Waals surface area (Å²) in [5.74, 6) is 0.716. The molecule has 0 bridgehead atoms. The Balaban J connectivity index is 2.44. The molecule has 0 aliphatic rings. The van der Waals surface area contributed by atoms with E-state index < -0.39 is 5.97 Å². The summed E-state index contributed by atoms with van der Waals surface area (Å²) in [7, 11) is 0. The first kappa shape index (κ1) is 12.3. The number of carbonyl (C=O) groups is 1. The summed E-state index contributed by atoms with van der Waals surface area (Å²) in [6, 6.07) is 1.63. The molecule has 94 valence electrons. The first-order chi connectivity index (χ1) is 8.63. The van der Waals surface area contributed by atoms with Gasteiger partial charge in [0.25, 0.3) is 0 Å². The van der Waals surface area contributed by atoms with E-state index in [0.29, 0.717) is 0 Å². The molecule has 0 radical (unpaired) electrons. The summed E-state index contributed by atoms with van der Waals surface area (Å²) in [4.78, 5) is 19.4. The Morgan fingerprint density at radius 1 is 1.44 bits per heavy atom. The average Bonchev–Trinajstić information content (AvgIpc) is 2.77. The van der Waals surface area contributed by atoms with Crippen LogP contribution < -0.4 is 0 Å². The van der Waals surface area contributed by atoms with E-state index in [2.05, 4.69) is 16.9 Å². The minimum Gasteiger partial charge on any atom is -0.478 e. The molecular weight excluding hydrogens is 230 g/mol. The Kier molecular flexibility index (Phi) is 3.41. The van der Waals surface area contributed by atoms with Gasteiger partial charge < -0.3 is 5.11 Å². The summed E-state index contributed by atoms with van der Waals surface area (Å²) in [5, 5.41) is 8.91. The van der Waals surface area contributed by atoms with Crippen LogP contribution in [0.25, 0.3) is 5.82 Å². The smallest absolute Gasteiger partial charge is 0.337 e. The quantitative estimate of drug-likeness (QED) is 0.896. The van der Waals surface area contributed by atoms with Crippen LogP contribution in [0, 0.1) is 6.92 Å². The van der Waals surface area contributed by atoms with Crippen LogP contribution >= 0.6 is 0 Å². The maximum atomic E-state index is 10.9. The van der Waals surface area contributed by atoms with Gasteiger partial charge in [0.2, 0.25) is 0 Å². The van der Waals surface area contributed by atoms with Gasteiger partial charge in [-0.1, -0.05) is 6.92 Å². The first-order valence-corrected chi connectivity index (χ1v) is 5.86. The van der Waals surface area contributed by atoms with Crippen LogP contribution in [-0.2, 0) is 6.42 Å². The van der Waals surface area contributed by atoms with Crippen molar-refractivity contribution < 1.29 is 9.90 Å². The van der Waals surface area contributed by atoms with E-state index in [0.717, 1.165) is 30.0 Å². The zero-order chi connectivity index (χ0) is 13.1. The molecule has 0 unspecified atom stereocenters. The highest BCUT2D eigenvalue weighted by Crippen LogP contribution is 2.15. The van der Waals surface area contributed by atoms with Gasteiger partial charge in [-0.05, 0) is 25.0 Å². The molecule has 18 heavy (non-hydrogen) atoms. The summed E-state index contributed by atoms with van der Waals surface area (Å²) in [5.41, 5.74) is 1.03. The maximum Gasteiger partial charge on any atom is 0.337 e. The van der Waals surface area contributed by atoms with Crippen LogP contribution in [0.1, 0.15) is 35.1 Å². The first-order valence-electron chi connectivity index (χ1n) is 5.86. The molecule has 2 rings (SSSR count). The fourth-order valence-corrected chi connectivity index (χ4v) is 1.87. The second-order valence-electron chi connectivity index (χ2n) is 4.13. The standard InChI is InChI=1S/C13H15N3O2/c1-3-4-11-14-5-6-16(11)12-9(2)7-10(8-15-12)13(17)18/h5-8H,3-4H2,1-2H3,(H,17,18). The number of aryl methyl sites for hydroxylation is 2. The highest BCUT2D eigenvalue weighted by atomic mass is 16.4. The van der Waals surface area contributed by atoms with Crippen molar-refractivity contribution in [2.24, 2.45) is 0 Å². The van der Waals surface area contributed by atoms with Crippen molar-refractivity contribution >= 4 is 5.97 Å². The number of hydrogen-bond acceptors (Lipinski definition) is 3. The van der Waals surface area contributed by atoms with Gasteiger partial charge in [0.15, 0.2) is 0 Å². The van der Waals surface area contributed by atoms with Crippen molar-refractivity contribution in [2.75, 3.05) is 0 Å². The summed E-state index contributed by atoms with van der Waals surface area (Å²) >= 11 is 0. The minimum absolute atomic E-state index is 0.202. The van der Waals surface area contributed by atoms with Crippen molar-refractivity contribution in [3.63, 3.8) is 0 Å². The Morgan fingerprint density at radius 3 is 2.83 bits per heavy atom. The van der Waals surface area contributed by atoms with Crippen molar-refractivity contribution in [1.29, 1.82) is 0 Å². The summed E-state index contributed by atoms with van der Waals surface area (Å²) < 4.78 is 1.91. The van der Waals surface area contributed by atoms with Gasteiger partial charge in [0.05, 0.1) is 5.56 Å². The SMILES string of the molecule is CCCc1nccn1-c1ncc(C(=O)O)cc1C. The Morgan fingerprint density at radius 2 is 2.22 bits per heavy atom. The lowest BCUT2D eigenvalue weighted by molar-refractivity contribution is 0.0696. The van der Waals surface area contributed by atoms with Gasteiger partial charge in [-0.25, -0.2) is 14.8 Å². The van der Waals surface area contributed by atoms with E-state index in [-0.39, 0.29) is 5.56 Å². The second kappa shape index (κ2) is 5.00. The van der Waals surface area contributed by atoms with E-state index in [1.165, 1.54) is 6.20 Å². The molecule has 2 aromatic rings. The summed E-state index contributed by atoms with van der Waals surface area (Å²) in [6.07, 6.45) is 6.83. The largest absolute Gasteiger partial charge is 0.478 e. The number of pyridine rings is 1. The van der Waals surface area contributed by atoms with Crippen LogP contribution in [0.3, 0.4) is 0 Å². The van der Waals surface area contributed by atoms with Gasteiger partial charge in [0.1, 0.15) is 11.6 Å². The van der Waals surface area contributed by atoms with E-state index in [1.54, 1.807) is 12.3 Å². The van der Waals surface area contributed by atoms with Crippen molar-refractivity contribution in [3.8, 4) is 5.82 Å². The number of imidazole rings is 1. The molecule has 5 nitrogen and oxygen atoms in total. The molecule has 0 amide bonds. The third-order valence-electron chi connectivity index (χ3n) is 2.72. The highest BCUT2D eigenvalue weighted by molar-refractivity contribution is 5.87. The molecule has 0 atom stereocenters. The van der Waals surface area contributed by atoms with E-state index in [4.69, 9.17) is 5.11 Å². The normalized spacial score (nSPS) is 10.6. The zero-order valence-electron chi connectivity index (χ0n) is 10.4. The fourth-order valence-electron chi connectivity index (χ4n) is 1.87. The number of aromatic carboxylic acids is 1. The third-order valence-corrected chi connectivity index (χ3v) is 2.72. The predicted molar refractivity (Wildman–Crippen MR) is 67.1 cm³/mol. The molecule has 0 aromatic carbocycles. The average molecular weight is 245 g/mol. The molecule has 2 heterocycles. The van der Waals surface area contributed by atoms with E-state index >= 15 is 0 Å². The van der Waals surface area contributed by atoms with Crippen LogP contribution in [0.4, 0.5) is 0 Å². The van der Waals surface area contributed by atoms with Gasteiger partial charge in [-0.15, -0.1) is 0 Å². The molecule has 0 spiro atoms. The molecule has 2 aromatic heterocycles.